The molecule has 0 fully saturated rings. The lowest BCUT2D eigenvalue weighted by molar-refractivity contribution is -0.116. The van der Waals surface area contributed by atoms with E-state index in [-0.39, 0.29) is 5.91 Å². The predicted octanol–water partition coefficient (Wildman–Crippen LogP) is 2.40. The van der Waals surface area contributed by atoms with Gasteiger partial charge in [-0.05, 0) is 38.2 Å². The fourth-order valence-corrected chi connectivity index (χ4v) is 1.76. The topological polar surface area (TPSA) is 44.4 Å². The molecule has 0 spiro atoms. The van der Waals surface area contributed by atoms with Crippen LogP contribution < -0.4 is 10.6 Å². The summed E-state index contributed by atoms with van der Waals surface area (Å²) < 4.78 is 0. The molecule has 4 heteroatoms. The van der Waals surface area contributed by atoms with Crippen LogP contribution in [0.1, 0.15) is 19.8 Å². The lowest BCUT2D eigenvalue weighted by Gasteiger charge is -2.15. The second kappa shape index (κ2) is 7.71. The first kappa shape index (κ1) is 14.5. The molecule has 2 N–H and O–H groups in total. The molecule has 0 radical (unpaired) electrons. The van der Waals surface area contributed by atoms with Gasteiger partial charge in [0.1, 0.15) is 0 Å². The Labute approximate surface area is 109 Å². The molecule has 0 atom stereocenters. The largest absolute Gasteiger partial charge is 0.388 e. The Balaban J connectivity index is 2.39. The fraction of sp³-hybridized carbons (Fsp3) is 0.500. The van der Waals surface area contributed by atoms with Crippen molar-refractivity contribution in [2.24, 2.45) is 0 Å². The highest BCUT2D eigenvalue weighted by Crippen LogP contribution is 2.14. The molecule has 0 aromatic heterocycles. The number of carbonyl (C=O) groups excluding carboxylic acids is 1. The summed E-state index contributed by atoms with van der Waals surface area (Å²) in [5.74, 6) is 0.0613. The quantitative estimate of drug-likeness (QED) is 0.780. The van der Waals surface area contributed by atoms with Gasteiger partial charge in [0.15, 0.2) is 0 Å². The van der Waals surface area contributed by atoms with Gasteiger partial charge in [-0.3, -0.25) is 4.79 Å². The van der Waals surface area contributed by atoms with Gasteiger partial charge in [0.05, 0.1) is 0 Å². The summed E-state index contributed by atoms with van der Waals surface area (Å²) >= 11 is 0. The maximum Gasteiger partial charge on any atom is 0.225 e. The smallest absolute Gasteiger partial charge is 0.225 e. The average Bonchev–Trinajstić information content (AvgIpc) is 2.37. The van der Waals surface area contributed by atoms with E-state index in [2.05, 4.69) is 22.5 Å². The first-order valence-corrected chi connectivity index (χ1v) is 6.42. The zero-order chi connectivity index (χ0) is 13.4. The number of nitrogens with zero attached hydrogens (tertiary/aromatic N) is 1. The van der Waals surface area contributed by atoms with Gasteiger partial charge in [0.2, 0.25) is 5.91 Å². The molecule has 0 heterocycles. The van der Waals surface area contributed by atoms with Gasteiger partial charge in [-0.25, -0.2) is 0 Å². The minimum atomic E-state index is 0.0613. The lowest BCUT2D eigenvalue weighted by Crippen LogP contribution is -2.24. The predicted molar refractivity (Wildman–Crippen MR) is 77.0 cm³/mol. The minimum Gasteiger partial charge on any atom is -0.388 e. The standard InChI is InChI=1S/C14H23N3O/c1-4-9-17(3)10-8-14(18)16-13-7-5-6-12(11-13)15-2/h5-7,11,15H,4,8-10H2,1-3H3,(H,16,18). The van der Waals surface area contributed by atoms with Crippen LogP contribution >= 0.6 is 0 Å². The molecule has 4 nitrogen and oxygen atoms in total. The Morgan fingerprint density at radius 2 is 2.00 bits per heavy atom. The zero-order valence-electron chi connectivity index (χ0n) is 11.5. The number of amides is 1. The number of anilines is 2. The molecule has 0 aliphatic heterocycles. The molecule has 1 amide bonds. The summed E-state index contributed by atoms with van der Waals surface area (Å²) in [6.45, 7) is 3.97. The maximum atomic E-state index is 11.8. The Kier molecular flexibility index (Phi) is 6.22. The van der Waals surface area contributed by atoms with E-state index >= 15 is 0 Å². The van der Waals surface area contributed by atoms with Gasteiger partial charge in [0, 0.05) is 31.4 Å². The highest BCUT2D eigenvalue weighted by atomic mass is 16.1. The van der Waals surface area contributed by atoms with E-state index < -0.39 is 0 Å². The van der Waals surface area contributed by atoms with Crippen LogP contribution in [0, 0.1) is 0 Å². The Morgan fingerprint density at radius 1 is 1.28 bits per heavy atom. The van der Waals surface area contributed by atoms with Gasteiger partial charge in [0.25, 0.3) is 0 Å². The second-order valence-corrected chi connectivity index (χ2v) is 4.43. The van der Waals surface area contributed by atoms with E-state index in [1.54, 1.807) is 0 Å². The van der Waals surface area contributed by atoms with Crippen molar-refractivity contribution in [2.45, 2.75) is 19.8 Å². The molecule has 0 unspecified atom stereocenters. The van der Waals surface area contributed by atoms with E-state index in [9.17, 15) is 4.79 Å². The van der Waals surface area contributed by atoms with Crippen molar-refractivity contribution >= 4 is 17.3 Å². The number of hydrogen-bond donors (Lipinski definition) is 2. The first-order chi connectivity index (χ1) is 8.65. The molecule has 0 aliphatic rings. The van der Waals surface area contributed by atoms with Crippen LogP contribution in [0.25, 0.3) is 0 Å². The summed E-state index contributed by atoms with van der Waals surface area (Å²) in [5, 5.41) is 5.96. The summed E-state index contributed by atoms with van der Waals surface area (Å²) in [7, 11) is 3.90. The van der Waals surface area contributed by atoms with Crippen LogP contribution in [0.15, 0.2) is 24.3 Å². The average molecular weight is 249 g/mol. The minimum absolute atomic E-state index is 0.0613. The maximum absolute atomic E-state index is 11.8. The summed E-state index contributed by atoms with van der Waals surface area (Å²) in [6.07, 6.45) is 1.64. The van der Waals surface area contributed by atoms with Crippen molar-refractivity contribution in [3.63, 3.8) is 0 Å². The molecule has 100 valence electrons. The van der Waals surface area contributed by atoms with E-state index in [1.165, 1.54) is 0 Å². The molecular weight excluding hydrogens is 226 g/mol. The molecule has 0 saturated heterocycles. The lowest BCUT2D eigenvalue weighted by atomic mass is 10.2. The van der Waals surface area contributed by atoms with E-state index in [4.69, 9.17) is 0 Å². The van der Waals surface area contributed by atoms with Crippen molar-refractivity contribution in [1.82, 2.24) is 4.90 Å². The van der Waals surface area contributed by atoms with Crippen molar-refractivity contribution < 1.29 is 4.79 Å². The molecule has 0 bridgehead atoms. The monoisotopic (exact) mass is 249 g/mol. The first-order valence-electron chi connectivity index (χ1n) is 6.42. The Bertz CT molecular complexity index is 379. The number of rotatable bonds is 7. The third-order valence-corrected chi connectivity index (χ3v) is 2.76. The van der Waals surface area contributed by atoms with Crippen LogP contribution in [0.5, 0.6) is 0 Å². The second-order valence-electron chi connectivity index (χ2n) is 4.43. The van der Waals surface area contributed by atoms with Crippen molar-refractivity contribution in [1.29, 1.82) is 0 Å². The van der Waals surface area contributed by atoms with Gasteiger partial charge >= 0.3 is 0 Å². The Hall–Kier alpha value is -1.55. The highest BCUT2D eigenvalue weighted by Gasteiger charge is 2.04. The number of benzene rings is 1. The van der Waals surface area contributed by atoms with Gasteiger partial charge in [-0.2, -0.15) is 0 Å². The van der Waals surface area contributed by atoms with Crippen molar-refractivity contribution in [3.8, 4) is 0 Å². The summed E-state index contributed by atoms with van der Waals surface area (Å²) in [5.41, 5.74) is 1.83. The molecule has 1 rings (SSSR count). The van der Waals surface area contributed by atoms with Crippen molar-refractivity contribution in [2.75, 3.05) is 37.8 Å². The SMILES string of the molecule is CCCN(C)CCC(=O)Nc1cccc(NC)c1. The van der Waals surface area contributed by atoms with Gasteiger partial charge in [-0.1, -0.05) is 13.0 Å². The molecule has 0 saturated carbocycles. The number of nitrogens with one attached hydrogen (secondary N) is 2. The highest BCUT2D eigenvalue weighted by molar-refractivity contribution is 5.91. The van der Waals surface area contributed by atoms with E-state index in [0.29, 0.717) is 6.42 Å². The van der Waals surface area contributed by atoms with Crippen LogP contribution in [0.2, 0.25) is 0 Å². The summed E-state index contributed by atoms with van der Waals surface area (Å²) in [4.78, 5) is 13.9. The number of hydrogen-bond acceptors (Lipinski definition) is 3. The molecule has 0 aliphatic carbocycles. The number of carbonyl (C=O) groups is 1. The normalized spacial score (nSPS) is 10.4. The van der Waals surface area contributed by atoms with Crippen LogP contribution in [0.3, 0.4) is 0 Å². The molecule has 1 aromatic rings. The molecular formula is C14H23N3O. The van der Waals surface area contributed by atoms with Crippen LogP contribution in [-0.4, -0.2) is 38.0 Å². The van der Waals surface area contributed by atoms with Gasteiger partial charge < -0.3 is 15.5 Å². The van der Waals surface area contributed by atoms with Crippen LogP contribution in [0.4, 0.5) is 11.4 Å². The van der Waals surface area contributed by atoms with Gasteiger partial charge in [-0.15, -0.1) is 0 Å². The molecule has 1 aromatic carbocycles. The third-order valence-electron chi connectivity index (χ3n) is 2.76. The Morgan fingerprint density at radius 3 is 2.67 bits per heavy atom. The van der Waals surface area contributed by atoms with E-state index in [1.807, 2.05) is 38.4 Å². The van der Waals surface area contributed by atoms with Crippen molar-refractivity contribution in [3.05, 3.63) is 24.3 Å². The van der Waals surface area contributed by atoms with Crippen LogP contribution in [-0.2, 0) is 4.79 Å². The zero-order valence-corrected chi connectivity index (χ0v) is 11.5. The third kappa shape index (κ3) is 5.19. The molecule has 18 heavy (non-hydrogen) atoms. The van der Waals surface area contributed by atoms with E-state index in [0.717, 1.165) is 30.9 Å². The fourth-order valence-electron chi connectivity index (χ4n) is 1.76. The summed E-state index contributed by atoms with van der Waals surface area (Å²) in [6, 6.07) is 7.71.